The Balaban J connectivity index is 1.38. The van der Waals surface area contributed by atoms with E-state index in [0.29, 0.717) is 45.0 Å². The number of aryl methyl sites for hydroxylation is 1. The minimum absolute atomic E-state index is 0.117. The molecule has 0 aliphatic carbocycles. The number of hydrogen-bond acceptors (Lipinski definition) is 7. The highest BCUT2D eigenvalue weighted by atomic mass is 16.5. The lowest BCUT2D eigenvalue weighted by Crippen LogP contribution is -2.38. The molecule has 0 radical (unpaired) electrons. The van der Waals surface area contributed by atoms with Crippen LogP contribution in [0.4, 0.5) is 0 Å². The number of aliphatic hydroxyl groups excluding tert-OH is 2. The molecule has 1 fully saturated rings. The predicted molar refractivity (Wildman–Crippen MR) is 150 cm³/mol. The van der Waals surface area contributed by atoms with E-state index < -0.39 is 6.10 Å². The zero-order valence-electron chi connectivity index (χ0n) is 23.1. The third kappa shape index (κ3) is 7.27. The monoisotopic (exact) mass is 525 g/mol. The summed E-state index contributed by atoms with van der Waals surface area (Å²) in [7, 11) is 1.66. The van der Waals surface area contributed by atoms with Gasteiger partial charge < -0.3 is 29.0 Å². The van der Waals surface area contributed by atoms with Gasteiger partial charge in [-0.1, -0.05) is 24.3 Å². The number of hydrogen-bond donors (Lipinski definition) is 2. The van der Waals surface area contributed by atoms with Gasteiger partial charge in [0.1, 0.15) is 6.61 Å². The van der Waals surface area contributed by atoms with Crippen molar-refractivity contribution in [2.24, 2.45) is 0 Å². The largest absolute Gasteiger partial charge is 0.493 e. The Morgan fingerprint density at radius 2 is 1.87 bits per heavy atom. The summed E-state index contributed by atoms with van der Waals surface area (Å²) in [6, 6.07) is 14.4. The van der Waals surface area contributed by atoms with Gasteiger partial charge in [-0.2, -0.15) is 0 Å². The molecule has 4 rings (SSSR count). The van der Waals surface area contributed by atoms with E-state index in [9.17, 15) is 10.2 Å². The zero-order chi connectivity index (χ0) is 26.9. The molecule has 8 nitrogen and oxygen atoms in total. The molecule has 208 valence electrons. The Morgan fingerprint density at radius 1 is 1.08 bits per heavy atom. The molecule has 0 saturated carbocycles. The van der Waals surface area contributed by atoms with Crippen LogP contribution in [0.2, 0.25) is 0 Å². The van der Waals surface area contributed by atoms with Gasteiger partial charge in [0.2, 0.25) is 0 Å². The van der Waals surface area contributed by atoms with Crippen LogP contribution in [-0.2, 0) is 17.8 Å². The molecule has 1 saturated heterocycles. The highest BCUT2D eigenvalue weighted by Gasteiger charge is 2.18. The summed E-state index contributed by atoms with van der Waals surface area (Å²) in [5.41, 5.74) is 4.66. The van der Waals surface area contributed by atoms with Crippen LogP contribution in [0.5, 0.6) is 11.5 Å². The number of para-hydroxylation sites is 1. The lowest BCUT2D eigenvalue weighted by atomic mass is 10.1. The first-order valence-corrected chi connectivity index (χ1v) is 13.7. The lowest BCUT2D eigenvalue weighted by molar-refractivity contribution is 0.0321. The first-order chi connectivity index (χ1) is 18.5. The Bertz CT molecular complexity index is 1160. The fourth-order valence-electron chi connectivity index (χ4n) is 5.23. The van der Waals surface area contributed by atoms with Gasteiger partial charge in [0.15, 0.2) is 11.5 Å². The second kappa shape index (κ2) is 14.0. The molecule has 0 amide bonds. The summed E-state index contributed by atoms with van der Waals surface area (Å²) in [6.07, 6.45) is 0.101. The van der Waals surface area contributed by atoms with Crippen LogP contribution in [0.3, 0.4) is 0 Å². The maximum absolute atomic E-state index is 11.1. The molecular weight excluding hydrogens is 482 g/mol. The standard InChI is InChI=1S/C30H43N3O5/c1-23-24(2)33(28-8-5-4-7-27(23)28)22-26(35)21-32(11-6-15-34)20-25-9-10-29(30(19-25)36-3)38-18-14-31-12-16-37-17-13-31/h4-5,7-10,19,26,34-35H,6,11-18,20-22H2,1-3H3/t26-/m1/s1. The van der Waals surface area contributed by atoms with Gasteiger partial charge in [0.25, 0.3) is 0 Å². The minimum atomic E-state index is -0.549. The van der Waals surface area contributed by atoms with Crippen LogP contribution >= 0.6 is 0 Å². The number of aliphatic hydroxyl groups is 2. The molecule has 1 aliphatic rings. The summed E-state index contributed by atoms with van der Waals surface area (Å²) in [6.45, 7) is 11.6. The van der Waals surface area contributed by atoms with Crippen LogP contribution in [0, 0.1) is 13.8 Å². The van der Waals surface area contributed by atoms with Crippen molar-refractivity contribution >= 4 is 10.9 Å². The first-order valence-electron chi connectivity index (χ1n) is 13.7. The van der Waals surface area contributed by atoms with Crippen molar-refractivity contribution in [3.05, 3.63) is 59.3 Å². The number of aromatic nitrogens is 1. The topological polar surface area (TPSA) is 79.6 Å². The van der Waals surface area contributed by atoms with Gasteiger partial charge in [-0.15, -0.1) is 0 Å². The Labute approximate surface area is 226 Å². The summed E-state index contributed by atoms with van der Waals surface area (Å²) in [5, 5.41) is 21.8. The zero-order valence-corrected chi connectivity index (χ0v) is 23.1. The van der Waals surface area contributed by atoms with Gasteiger partial charge in [-0.3, -0.25) is 9.80 Å². The second-order valence-corrected chi connectivity index (χ2v) is 10.1. The smallest absolute Gasteiger partial charge is 0.161 e. The van der Waals surface area contributed by atoms with Gasteiger partial charge in [-0.25, -0.2) is 0 Å². The molecule has 1 aromatic heterocycles. The molecule has 3 aromatic rings. The summed E-state index contributed by atoms with van der Waals surface area (Å²) >= 11 is 0. The molecule has 0 spiro atoms. The third-order valence-corrected chi connectivity index (χ3v) is 7.44. The number of nitrogens with zero attached hydrogens (tertiary/aromatic N) is 3. The molecule has 1 aliphatic heterocycles. The third-order valence-electron chi connectivity index (χ3n) is 7.44. The number of ether oxygens (including phenoxy) is 3. The molecule has 0 unspecified atom stereocenters. The van der Waals surface area contributed by atoms with Gasteiger partial charge >= 0.3 is 0 Å². The van der Waals surface area contributed by atoms with E-state index in [1.807, 2.05) is 18.2 Å². The normalized spacial score (nSPS) is 15.3. The van der Waals surface area contributed by atoms with E-state index in [0.717, 1.165) is 49.7 Å². The maximum atomic E-state index is 11.1. The van der Waals surface area contributed by atoms with Crippen LogP contribution in [0.1, 0.15) is 23.2 Å². The van der Waals surface area contributed by atoms with E-state index in [-0.39, 0.29) is 6.61 Å². The number of benzene rings is 2. The summed E-state index contributed by atoms with van der Waals surface area (Å²) < 4.78 is 19.3. The maximum Gasteiger partial charge on any atom is 0.161 e. The summed E-state index contributed by atoms with van der Waals surface area (Å²) in [4.78, 5) is 4.54. The van der Waals surface area contributed by atoms with E-state index in [1.54, 1.807) is 7.11 Å². The molecule has 1 atom stereocenters. The van der Waals surface area contributed by atoms with Crippen molar-refractivity contribution in [3.8, 4) is 11.5 Å². The quantitative estimate of drug-likeness (QED) is 0.335. The van der Waals surface area contributed by atoms with Crippen molar-refractivity contribution in [2.45, 2.75) is 39.5 Å². The van der Waals surface area contributed by atoms with Crippen LogP contribution in [0.25, 0.3) is 10.9 Å². The van der Waals surface area contributed by atoms with Gasteiger partial charge in [-0.05, 0) is 49.6 Å². The fraction of sp³-hybridized carbons (Fsp3) is 0.533. The van der Waals surface area contributed by atoms with Crippen LogP contribution < -0.4 is 9.47 Å². The van der Waals surface area contributed by atoms with E-state index in [2.05, 4.69) is 52.5 Å². The molecule has 2 heterocycles. The molecule has 2 N–H and O–H groups in total. The average Bonchev–Trinajstić information content (AvgIpc) is 3.17. The fourth-order valence-corrected chi connectivity index (χ4v) is 5.23. The molecule has 38 heavy (non-hydrogen) atoms. The van der Waals surface area contributed by atoms with Gasteiger partial charge in [0, 0.05) is 62.5 Å². The number of methoxy groups -OCH3 is 1. The average molecular weight is 526 g/mol. The highest BCUT2D eigenvalue weighted by molar-refractivity contribution is 5.85. The molecule has 0 bridgehead atoms. The summed E-state index contributed by atoms with van der Waals surface area (Å²) in [5.74, 6) is 1.44. The minimum Gasteiger partial charge on any atom is -0.493 e. The second-order valence-electron chi connectivity index (χ2n) is 10.1. The van der Waals surface area contributed by atoms with Crippen LogP contribution in [-0.4, -0.2) is 96.9 Å². The van der Waals surface area contributed by atoms with E-state index >= 15 is 0 Å². The first kappa shape index (κ1) is 28.4. The predicted octanol–water partition coefficient (Wildman–Crippen LogP) is 3.22. The van der Waals surface area contributed by atoms with Crippen molar-refractivity contribution in [3.63, 3.8) is 0 Å². The van der Waals surface area contributed by atoms with Crippen molar-refractivity contribution in [1.82, 2.24) is 14.4 Å². The molecule has 8 heteroatoms. The van der Waals surface area contributed by atoms with E-state index in [4.69, 9.17) is 14.2 Å². The number of morpholine rings is 1. The molecule has 2 aromatic carbocycles. The van der Waals surface area contributed by atoms with Crippen molar-refractivity contribution in [2.75, 3.05) is 66.3 Å². The Hall–Kier alpha value is -2.62. The van der Waals surface area contributed by atoms with Crippen molar-refractivity contribution in [1.29, 1.82) is 0 Å². The highest BCUT2D eigenvalue weighted by Crippen LogP contribution is 2.29. The van der Waals surface area contributed by atoms with Gasteiger partial charge in [0.05, 0.1) is 33.0 Å². The Kier molecular flexibility index (Phi) is 10.4. The number of rotatable bonds is 14. The van der Waals surface area contributed by atoms with E-state index in [1.165, 1.54) is 16.6 Å². The van der Waals surface area contributed by atoms with Crippen molar-refractivity contribution < 1.29 is 24.4 Å². The lowest BCUT2D eigenvalue weighted by Gasteiger charge is -2.27. The molecular formula is C30H43N3O5. The van der Waals surface area contributed by atoms with Crippen LogP contribution in [0.15, 0.2) is 42.5 Å². The number of fused-ring (bicyclic) bond motifs is 1. The Morgan fingerprint density at radius 3 is 2.63 bits per heavy atom. The SMILES string of the molecule is COc1cc(CN(CCCO)C[C@@H](O)Cn2c(C)c(C)c3ccccc32)ccc1OCCN1CCOCC1.